The summed E-state index contributed by atoms with van der Waals surface area (Å²) < 4.78 is 0. The zero-order valence-corrected chi connectivity index (χ0v) is 24.7. The summed E-state index contributed by atoms with van der Waals surface area (Å²) in [5, 5.41) is 0. The van der Waals surface area contributed by atoms with Crippen LogP contribution in [-0.2, 0) is 0 Å². The molecule has 0 fully saturated rings. The van der Waals surface area contributed by atoms with Gasteiger partial charge in [0.05, 0.1) is 5.56 Å². The molecule has 0 unspecified atom stereocenters. The monoisotopic (exact) mass is 466 g/mol. The lowest BCUT2D eigenvalue weighted by molar-refractivity contribution is 0.112. The zero-order chi connectivity index (χ0) is 24.9. The number of hydrogen-bond acceptors (Lipinski definition) is 1. The van der Waals surface area contributed by atoms with Gasteiger partial charge in [0.1, 0.15) is 16.1 Å². The van der Waals surface area contributed by atoms with E-state index < -0.39 is 16.1 Å². The van der Waals surface area contributed by atoms with Crippen molar-refractivity contribution in [2.24, 2.45) is 0 Å². The van der Waals surface area contributed by atoms with Gasteiger partial charge in [0.2, 0.25) is 0 Å². The molecule has 0 amide bonds. The fourth-order valence-electron chi connectivity index (χ4n) is 6.12. The summed E-state index contributed by atoms with van der Waals surface area (Å²) in [6, 6.07) is 5.87. The van der Waals surface area contributed by atoms with Gasteiger partial charge in [0, 0.05) is 11.1 Å². The average Bonchev–Trinajstić information content (AvgIpc) is 2.67. The van der Waals surface area contributed by atoms with Gasteiger partial charge < -0.3 is 0 Å². The number of carbonyl (C=O) groups is 1. The van der Waals surface area contributed by atoms with E-state index in [2.05, 4.69) is 106 Å². The third kappa shape index (κ3) is 5.49. The van der Waals surface area contributed by atoms with E-state index >= 15 is 0 Å². The average molecular weight is 467 g/mol. The smallest absolute Gasteiger partial charge is 0.151 e. The van der Waals surface area contributed by atoms with Crippen LogP contribution < -0.4 is 0 Å². The van der Waals surface area contributed by atoms with Crippen molar-refractivity contribution < 1.29 is 4.79 Å². The van der Waals surface area contributed by atoms with E-state index in [1.165, 1.54) is 0 Å². The van der Waals surface area contributed by atoms with Crippen molar-refractivity contribution in [3.05, 3.63) is 34.9 Å². The molecule has 0 spiro atoms. The highest BCUT2D eigenvalue weighted by atomic mass is 28.3. The van der Waals surface area contributed by atoms with Crippen LogP contribution in [0.1, 0.15) is 105 Å². The maximum absolute atomic E-state index is 11.9. The quantitative estimate of drug-likeness (QED) is 0.223. The van der Waals surface area contributed by atoms with Crippen LogP contribution in [0.25, 0.3) is 0 Å². The van der Waals surface area contributed by atoms with Crippen LogP contribution in [0.3, 0.4) is 0 Å². The zero-order valence-electron chi connectivity index (χ0n) is 22.7. The minimum absolute atomic E-state index is 0.552. The van der Waals surface area contributed by atoms with E-state index in [0.717, 1.165) is 17.4 Å². The van der Waals surface area contributed by atoms with Gasteiger partial charge in [0.15, 0.2) is 6.29 Å². The molecule has 0 bridgehead atoms. The molecule has 0 aromatic heterocycles. The van der Waals surface area contributed by atoms with Crippen molar-refractivity contribution in [3.63, 3.8) is 0 Å². The van der Waals surface area contributed by atoms with Crippen LogP contribution in [0.15, 0.2) is 18.2 Å². The number of hydrogen-bond donors (Lipinski definition) is 0. The fourth-order valence-corrected chi connectivity index (χ4v) is 16.5. The molecular weight excluding hydrogens is 420 g/mol. The lowest BCUT2D eigenvalue weighted by atomic mass is 10.0. The van der Waals surface area contributed by atoms with Gasteiger partial charge >= 0.3 is 0 Å². The lowest BCUT2D eigenvalue weighted by Crippen LogP contribution is -2.43. The highest BCUT2D eigenvalue weighted by molar-refractivity contribution is 6.91. The Balaban J connectivity index is 3.83. The highest BCUT2D eigenvalue weighted by Crippen LogP contribution is 2.42. The van der Waals surface area contributed by atoms with Crippen molar-refractivity contribution >= 4 is 22.4 Å². The summed E-state index contributed by atoms with van der Waals surface area (Å²) in [5.74, 6) is 7.10. The van der Waals surface area contributed by atoms with Crippen LogP contribution in [0.2, 0.25) is 33.2 Å². The molecule has 0 heterocycles. The van der Waals surface area contributed by atoms with Crippen LogP contribution >= 0.6 is 0 Å². The van der Waals surface area contributed by atoms with Crippen LogP contribution in [0, 0.1) is 22.9 Å². The van der Waals surface area contributed by atoms with Crippen LogP contribution in [-0.4, -0.2) is 22.4 Å². The Morgan fingerprint density at radius 2 is 1.00 bits per heavy atom. The third-order valence-corrected chi connectivity index (χ3v) is 20.4. The van der Waals surface area contributed by atoms with Gasteiger partial charge in [0.25, 0.3) is 0 Å². The summed E-state index contributed by atoms with van der Waals surface area (Å²) in [6.45, 7) is 27.9. The molecule has 0 aliphatic heterocycles. The van der Waals surface area contributed by atoms with Gasteiger partial charge in [-0.3, -0.25) is 4.79 Å². The Labute approximate surface area is 201 Å². The molecule has 176 valence electrons. The summed E-state index contributed by atoms with van der Waals surface area (Å²) >= 11 is 0. The Bertz CT molecular complexity index is 855. The topological polar surface area (TPSA) is 17.1 Å². The Morgan fingerprint density at radius 3 is 1.34 bits per heavy atom. The first-order valence-electron chi connectivity index (χ1n) is 12.4. The van der Waals surface area contributed by atoms with Crippen LogP contribution in [0.4, 0.5) is 0 Å². The maximum Gasteiger partial charge on any atom is 0.151 e. The Morgan fingerprint density at radius 1 is 0.625 bits per heavy atom. The van der Waals surface area contributed by atoms with E-state index in [4.69, 9.17) is 0 Å². The predicted octanol–water partition coefficient (Wildman–Crippen LogP) is 8.64. The summed E-state index contributed by atoms with van der Waals surface area (Å²) in [7, 11) is -3.76. The molecule has 1 nitrogen and oxygen atoms in total. The molecule has 1 rings (SSSR count). The van der Waals surface area contributed by atoms with Crippen molar-refractivity contribution in [2.75, 3.05) is 0 Å². The molecule has 1 aromatic carbocycles. The number of rotatable bonds is 7. The standard InChI is InChI=1S/C29H46OSi2/c1-21(2)31(22(3)4,23(5)6)18-16-27-14-13-15-28(20-30)29(27)17-19-32(24(7)8,25(9)10)26(11)12/h13-15,20-26H,1-12H3. The van der Waals surface area contributed by atoms with Gasteiger partial charge in [-0.1, -0.05) is 107 Å². The molecule has 0 atom stereocenters. The first kappa shape index (κ1) is 28.5. The fraction of sp³-hybridized carbons (Fsp3) is 0.621. The number of aldehydes is 1. The molecule has 0 radical (unpaired) electrons. The van der Waals surface area contributed by atoms with E-state index in [9.17, 15) is 4.79 Å². The molecule has 0 saturated carbocycles. The van der Waals surface area contributed by atoms with Gasteiger partial charge in [-0.15, -0.1) is 11.1 Å². The minimum atomic E-state index is -1.90. The van der Waals surface area contributed by atoms with Crippen molar-refractivity contribution in [2.45, 2.75) is 116 Å². The van der Waals surface area contributed by atoms with E-state index in [0.29, 0.717) is 38.8 Å². The SMILES string of the molecule is CC(C)[Si](C#Cc1cccc(C=O)c1C#C[Si](C(C)C)(C(C)C)C(C)C)(C(C)C)C(C)C. The minimum Gasteiger partial charge on any atom is -0.298 e. The van der Waals surface area contributed by atoms with Gasteiger partial charge in [-0.25, -0.2) is 0 Å². The summed E-state index contributed by atoms with van der Waals surface area (Å²) in [4.78, 5) is 11.9. The predicted molar refractivity (Wildman–Crippen MR) is 148 cm³/mol. The summed E-state index contributed by atoms with van der Waals surface area (Å²) in [6.07, 6.45) is 0.941. The molecule has 0 N–H and O–H groups in total. The van der Waals surface area contributed by atoms with E-state index in [-0.39, 0.29) is 0 Å². The largest absolute Gasteiger partial charge is 0.298 e. The summed E-state index contributed by atoms with van der Waals surface area (Å²) in [5.41, 5.74) is 13.4. The second-order valence-corrected chi connectivity index (χ2v) is 22.3. The van der Waals surface area contributed by atoms with Crippen molar-refractivity contribution in [1.29, 1.82) is 0 Å². The third-order valence-electron chi connectivity index (χ3n) is 7.77. The first-order valence-corrected chi connectivity index (χ1v) is 16.9. The second-order valence-electron chi connectivity index (χ2n) is 11.2. The lowest BCUT2D eigenvalue weighted by Gasteiger charge is -2.38. The maximum atomic E-state index is 11.9. The highest BCUT2D eigenvalue weighted by Gasteiger charge is 2.42. The van der Waals surface area contributed by atoms with Gasteiger partial charge in [-0.2, -0.15) is 0 Å². The molecule has 3 heteroatoms. The molecular formula is C29H46OSi2. The molecule has 0 saturated heterocycles. The molecule has 32 heavy (non-hydrogen) atoms. The van der Waals surface area contributed by atoms with E-state index in [1.54, 1.807) is 0 Å². The van der Waals surface area contributed by atoms with E-state index in [1.807, 2.05) is 18.2 Å². The normalized spacial score (nSPS) is 12.4. The van der Waals surface area contributed by atoms with Crippen LogP contribution in [0.5, 0.6) is 0 Å². The van der Waals surface area contributed by atoms with Gasteiger partial charge in [-0.05, 0) is 39.3 Å². The molecule has 1 aromatic rings. The molecule has 0 aliphatic carbocycles. The Hall–Kier alpha value is -1.56. The first-order chi connectivity index (χ1) is 14.8. The number of carbonyl (C=O) groups excluding carboxylic acids is 1. The van der Waals surface area contributed by atoms with Crippen molar-refractivity contribution in [3.8, 4) is 22.9 Å². The molecule has 0 aliphatic rings. The number of benzene rings is 1. The van der Waals surface area contributed by atoms with Crippen molar-refractivity contribution in [1.82, 2.24) is 0 Å². The Kier molecular flexibility index (Phi) is 10.3. The second kappa shape index (κ2) is 11.5.